The maximum absolute atomic E-state index is 6.02. The second-order valence-corrected chi connectivity index (χ2v) is 10.2. The van der Waals surface area contributed by atoms with Crippen molar-refractivity contribution in [2.24, 2.45) is 5.92 Å². The number of anilines is 1. The molecule has 0 aromatic carbocycles. The van der Waals surface area contributed by atoms with E-state index in [4.69, 9.17) is 12.8 Å². The van der Waals surface area contributed by atoms with Crippen molar-refractivity contribution in [2.45, 2.75) is 64.3 Å². The first-order chi connectivity index (χ1) is 16.0. The molecule has 5 rings (SSSR count). The van der Waals surface area contributed by atoms with Gasteiger partial charge in [-0.05, 0) is 79.9 Å². The number of hydrogen-bond donors (Lipinski definition) is 0. The third-order valence-electron chi connectivity index (χ3n) is 7.37. The van der Waals surface area contributed by atoms with Gasteiger partial charge in [0.1, 0.15) is 13.7 Å². The number of pyridine rings is 2. The van der Waals surface area contributed by atoms with Crippen LogP contribution >= 0.6 is 0 Å². The first-order valence-corrected chi connectivity index (χ1v) is 12.6. The first-order valence-electron chi connectivity index (χ1n) is 12.6. The molecule has 1 atom stereocenters. The van der Waals surface area contributed by atoms with E-state index in [1.807, 2.05) is 12.1 Å². The highest BCUT2D eigenvalue weighted by Gasteiger charge is 2.36. The van der Waals surface area contributed by atoms with E-state index >= 15 is 0 Å². The normalized spacial score (nSPS) is 20.7. The van der Waals surface area contributed by atoms with Gasteiger partial charge in [-0.2, -0.15) is 0 Å². The van der Waals surface area contributed by atoms with Crippen LogP contribution in [0.5, 0.6) is 0 Å². The van der Waals surface area contributed by atoms with Gasteiger partial charge in [-0.15, -0.1) is 0 Å². The molecule has 3 aliphatic rings. The van der Waals surface area contributed by atoms with E-state index in [9.17, 15) is 0 Å². The van der Waals surface area contributed by atoms with Crippen molar-refractivity contribution < 1.29 is 0 Å². The van der Waals surface area contributed by atoms with Gasteiger partial charge < -0.3 is 9.80 Å². The zero-order chi connectivity index (χ0) is 23.1. The summed E-state index contributed by atoms with van der Waals surface area (Å²) >= 11 is 0. The van der Waals surface area contributed by atoms with E-state index in [-0.39, 0.29) is 0 Å². The second kappa shape index (κ2) is 9.00. The third kappa shape index (κ3) is 4.60. The minimum atomic E-state index is 0.501. The molecule has 3 heterocycles. The number of aromatic nitrogens is 2. The molecule has 4 nitrogen and oxygen atoms in total. The number of rotatable bonds is 8. The van der Waals surface area contributed by atoms with Gasteiger partial charge in [0, 0.05) is 54.6 Å². The number of nitrogens with zero attached hydrogens (tertiary/aromatic N) is 4. The molecule has 0 amide bonds. The average molecular weight is 438 g/mol. The molecule has 5 heteroatoms. The smallest absolute Gasteiger partial charge is 0.141 e. The molecule has 2 aliphatic carbocycles. The molecule has 1 aliphatic heterocycles. The van der Waals surface area contributed by atoms with Gasteiger partial charge in [-0.3, -0.25) is 4.98 Å². The molecule has 1 saturated heterocycles. The molecule has 170 valence electrons. The highest BCUT2D eigenvalue weighted by atomic mass is 15.3. The van der Waals surface area contributed by atoms with Crippen LogP contribution in [0, 0.1) is 5.92 Å². The number of hydrogen-bond acceptors (Lipinski definition) is 4. The summed E-state index contributed by atoms with van der Waals surface area (Å²) in [5.74, 6) is 2.36. The quantitative estimate of drug-likeness (QED) is 0.540. The lowest BCUT2D eigenvalue weighted by Crippen LogP contribution is -2.53. The molecule has 0 N–H and O–H groups in total. The summed E-state index contributed by atoms with van der Waals surface area (Å²) in [4.78, 5) is 14.7. The van der Waals surface area contributed by atoms with E-state index in [1.54, 1.807) is 6.20 Å². The van der Waals surface area contributed by atoms with Crippen molar-refractivity contribution in [1.82, 2.24) is 14.9 Å². The second-order valence-electron chi connectivity index (χ2n) is 10.2. The Morgan fingerprint density at radius 1 is 1.15 bits per heavy atom. The zero-order valence-electron chi connectivity index (χ0n) is 20.2. The first kappa shape index (κ1) is 22.2. The summed E-state index contributed by atoms with van der Waals surface area (Å²) in [7, 11) is 6.02. The van der Waals surface area contributed by atoms with E-state index in [0.717, 1.165) is 42.2 Å². The van der Waals surface area contributed by atoms with Crippen LogP contribution < -0.4 is 10.5 Å². The summed E-state index contributed by atoms with van der Waals surface area (Å²) < 4.78 is 0. The molecular formula is C28H35BN4. The fraction of sp³-hybridized carbons (Fsp3) is 0.500. The lowest BCUT2D eigenvalue weighted by molar-refractivity contribution is 0.206. The predicted molar refractivity (Wildman–Crippen MR) is 139 cm³/mol. The van der Waals surface area contributed by atoms with Crippen LogP contribution in [0.3, 0.4) is 0 Å². The zero-order valence-corrected chi connectivity index (χ0v) is 20.2. The van der Waals surface area contributed by atoms with Gasteiger partial charge in [0.05, 0.1) is 5.69 Å². The van der Waals surface area contributed by atoms with E-state index in [1.165, 1.54) is 55.5 Å². The Kier molecular flexibility index (Phi) is 6.07. The molecule has 0 unspecified atom stereocenters. The maximum Gasteiger partial charge on any atom is 0.141 e. The van der Waals surface area contributed by atoms with Gasteiger partial charge in [0.15, 0.2) is 0 Å². The fourth-order valence-electron chi connectivity index (χ4n) is 5.24. The van der Waals surface area contributed by atoms with Crippen molar-refractivity contribution in [2.75, 3.05) is 24.5 Å². The lowest BCUT2D eigenvalue weighted by Gasteiger charge is -2.45. The van der Waals surface area contributed by atoms with E-state index in [2.05, 4.69) is 47.9 Å². The van der Waals surface area contributed by atoms with Crippen molar-refractivity contribution in [3.63, 3.8) is 0 Å². The molecule has 2 aromatic rings. The van der Waals surface area contributed by atoms with Crippen LogP contribution in [-0.2, 0) is 0 Å². The maximum atomic E-state index is 6.02. The molecule has 33 heavy (non-hydrogen) atoms. The van der Waals surface area contributed by atoms with Crippen LogP contribution in [0.1, 0.15) is 69.5 Å². The molecular weight excluding hydrogens is 403 g/mol. The van der Waals surface area contributed by atoms with Gasteiger partial charge >= 0.3 is 0 Å². The van der Waals surface area contributed by atoms with Crippen molar-refractivity contribution in [3.8, 4) is 11.1 Å². The Hall–Kier alpha value is -2.56. The highest BCUT2D eigenvalue weighted by molar-refractivity contribution is 6.30. The van der Waals surface area contributed by atoms with Crippen molar-refractivity contribution >= 4 is 24.8 Å². The Morgan fingerprint density at radius 3 is 2.58 bits per heavy atom. The summed E-state index contributed by atoms with van der Waals surface area (Å²) in [6.07, 6.45) is 9.20. The SMILES string of the molecule is [B]c1cc(-c2cc(C(=C)C)c(N3CCN(C(=C)C4CC4)[C@H](CCC)C3)nc2C2CC2)ccn1. The Labute approximate surface area is 200 Å². The minimum Gasteiger partial charge on any atom is -0.369 e. The van der Waals surface area contributed by atoms with E-state index in [0.29, 0.717) is 23.5 Å². The monoisotopic (exact) mass is 438 g/mol. The minimum absolute atomic E-state index is 0.501. The summed E-state index contributed by atoms with van der Waals surface area (Å²) in [6.45, 7) is 16.2. The predicted octanol–water partition coefficient (Wildman–Crippen LogP) is 5.06. The van der Waals surface area contributed by atoms with Crippen molar-refractivity contribution in [1.29, 1.82) is 0 Å². The molecule has 2 aromatic heterocycles. The molecule has 0 bridgehead atoms. The van der Waals surface area contributed by atoms with Gasteiger partial charge in [0.25, 0.3) is 0 Å². The Balaban J connectivity index is 1.51. The van der Waals surface area contributed by atoms with Crippen LogP contribution in [-0.4, -0.2) is 48.4 Å². The third-order valence-corrected chi connectivity index (χ3v) is 7.37. The topological polar surface area (TPSA) is 32.3 Å². The van der Waals surface area contributed by atoms with Crippen LogP contribution in [0.25, 0.3) is 16.7 Å². The van der Waals surface area contributed by atoms with Gasteiger partial charge in [-0.25, -0.2) is 4.98 Å². The van der Waals surface area contributed by atoms with E-state index < -0.39 is 0 Å². The molecule has 2 saturated carbocycles. The standard InChI is InChI=1S/C28H35BN4/c1-5-6-23-17-32(13-14-33(23)19(4)20-7-8-20)28-24(18(2)3)16-25(27(31-28)21-9-10-21)22-11-12-30-26(29)15-22/h11-12,15-16,20-21,23H,2,4-10,13-14,17H2,1,3H3/t23-/m1/s1. The number of allylic oxidation sites excluding steroid dienone is 2. The average Bonchev–Trinajstić information content (AvgIpc) is 3.71. The summed E-state index contributed by atoms with van der Waals surface area (Å²) in [6, 6.07) is 6.81. The van der Waals surface area contributed by atoms with Gasteiger partial charge in [0.2, 0.25) is 0 Å². The molecule has 3 fully saturated rings. The largest absolute Gasteiger partial charge is 0.369 e. The Bertz CT molecular complexity index is 1070. The highest BCUT2D eigenvalue weighted by Crippen LogP contribution is 2.46. The van der Waals surface area contributed by atoms with Crippen LogP contribution in [0.4, 0.5) is 5.82 Å². The van der Waals surface area contributed by atoms with Crippen molar-refractivity contribution in [3.05, 3.63) is 54.5 Å². The van der Waals surface area contributed by atoms with Crippen LogP contribution in [0.2, 0.25) is 0 Å². The molecule has 0 spiro atoms. The summed E-state index contributed by atoms with van der Waals surface area (Å²) in [5.41, 5.74) is 7.60. The molecule has 2 radical (unpaired) electrons. The Morgan fingerprint density at radius 2 is 1.94 bits per heavy atom. The van der Waals surface area contributed by atoms with Gasteiger partial charge in [-0.1, -0.05) is 26.5 Å². The lowest BCUT2D eigenvalue weighted by atomic mass is 9.94. The van der Waals surface area contributed by atoms with Crippen LogP contribution in [0.15, 0.2) is 43.3 Å². The summed E-state index contributed by atoms with van der Waals surface area (Å²) in [5, 5.41) is 0. The number of piperazine rings is 1. The fourth-order valence-corrected chi connectivity index (χ4v) is 5.24.